The number of phenolic OH excluding ortho intramolecular Hbond substituents is 1. The summed E-state index contributed by atoms with van der Waals surface area (Å²) in [6.45, 7) is 6.31. The molecule has 0 amide bonds. The Morgan fingerprint density at radius 3 is 2.03 bits per heavy atom. The van der Waals surface area contributed by atoms with Crippen LogP contribution < -0.4 is 4.74 Å². The smallest absolute Gasteiger partial charge is 0.119 e. The number of phenols is 1. The predicted molar refractivity (Wildman–Crippen MR) is 133 cm³/mol. The first-order chi connectivity index (χ1) is 15.7. The molecule has 32 heavy (non-hydrogen) atoms. The van der Waals surface area contributed by atoms with Gasteiger partial charge in [-0.1, -0.05) is 67.9 Å². The molecular weight excluding hydrogens is 394 g/mol. The highest BCUT2D eigenvalue weighted by Gasteiger charge is 2.14. The van der Waals surface area contributed by atoms with E-state index in [0.29, 0.717) is 0 Å². The molecule has 3 heteroatoms. The minimum Gasteiger partial charge on any atom is -0.508 e. The minimum atomic E-state index is 0.281. The van der Waals surface area contributed by atoms with Crippen LogP contribution >= 0.6 is 0 Å². The zero-order valence-electron chi connectivity index (χ0n) is 19.0. The van der Waals surface area contributed by atoms with E-state index in [4.69, 9.17) is 4.74 Å². The van der Waals surface area contributed by atoms with E-state index in [1.807, 2.05) is 18.2 Å². The van der Waals surface area contributed by atoms with Gasteiger partial charge in [0, 0.05) is 6.54 Å². The Balaban J connectivity index is 1.58. The van der Waals surface area contributed by atoms with Gasteiger partial charge in [0.2, 0.25) is 0 Å². The summed E-state index contributed by atoms with van der Waals surface area (Å²) >= 11 is 0. The number of nitrogens with zero attached hydrogens (tertiary/aromatic N) is 1. The van der Waals surface area contributed by atoms with Crippen LogP contribution in [0.15, 0.2) is 78.9 Å². The van der Waals surface area contributed by atoms with Gasteiger partial charge in [-0.2, -0.15) is 0 Å². The lowest BCUT2D eigenvalue weighted by Crippen LogP contribution is -2.33. The van der Waals surface area contributed by atoms with Crippen LogP contribution in [-0.2, 0) is 0 Å². The van der Waals surface area contributed by atoms with Crippen molar-refractivity contribution in [2.75, 3.05) is 26.2 Å². The SMILES string of the molecule is CC/C(=C(\c1ccc(O)cc1)c1ccc(OCCN2CCCCC2)cc1)c1ccccc1. The van der Waals surface area contributed by atoms with E-state index >= 15 is 0 Å². The van der Waals surface area contributed by atoms with Gasteiger partial charge in [0.15, 0.2) is 0 Å². The molecule has 1 aliphatic heterocycles. The van der Waals surface area contributed by atoms with Crippen molar-refractivity contribution in [2.45, 2.75) is 32.6 Å². The van der Waals surface area contributed by atoms with Crippen molar-refractivity contribution in [3.63, 3.8) is 0 Å². The van der Waals surface area contributed by atoms with Gasteiger partial charge < -0.3 is 9.84 Å². The second kappa shape index (κ2) is 11.0. The summed E-state index contributed by atoms with van der Waals surface area (Å²) in [4.78, 5) is 2.50. The lowest BCUT2D eigenvalue weighted by molar-refractivity contribution is 0.183. The fourth-order valence-corrected chi connectivity index (χ4v) is 4.50. The van der Waals surface area contributed by atoms with Crippen LogP contribution in [0.1, 0.15) is 49.3 Å². The maximum Gasteiger partial charge on any atom is 0.119 e. The fourth-order valence-electron chi connectivity index (χ4n) is 4.50. The first-order valence-corrected chi connectivity index (χ1v) is 11.8. The average Bonchev–Trinajstić information content (AvgIpc) is 2.85. The van der Waals surface area contributed by atoms with Crippen molar-refractivity contribution in [3.05, 3.63) is 95.6 Å². The molecule has 0 spiro atoms. The number of allylic oxidation sites excluding steroid dienone is 1. The highest BCUT2D eigenvalue weighted by atomic mass is 16.5. The molecule has 0 aliphatic carbocycles. The zero-order chi connectivity index (χ0) is 22.2. The van der Waals surface area contributed by atoms with Gasteiger partial charge in [-0.3, -0.25) is 4.90 Å². The van der Waals surface area contributed by atoms with Gasteiger partial charge >= 0.3 is 0 Å². The van der Waals surface area contributed by atoms with Gasteiger partial charge in [0.1, 0.15) is 18.1 Å². The van der Waals surface area contributed by atoms with Crippen LogP contribution in [0.3, 0.4) is 0 Å². The number of aromatic hydroxyl groups is 1. The Kier molecular flexibility index (Phi) is 7.63. The van der Waals surface area contributed by atoms with Crippen LogP contribution in [0, 0.1) is 0 Å². The molecule has 1 fully saturated rings. The highest BCUT2D eigenvalue weighted by Crippen LogP contribution is 2.35. The Morgan fingerprint density at radius 1 is 0.781 bits per heavy atom. The second-order valence-electron chi connectivity index (χ2n) is 8.40. The van der Waals surface area contributed by atoms with Crippen molar-refractivity contribution in [2.24, 2.45) is 0 Å². The summed E-state index contributed by atoms with van der Waals surface area (Å²) in [5.74, 6) is 1.19. The van der Waals surface area contributed by atoms with Gasteiger partial charge in [-0.25, -0.2) is 0 Å². The van der Waals surface area contributed by atoms with Crippen LogP contribution in [0.4, 0.5) is 0 Å². The summed E-state index contributed by atoms with van der Waals surface area (Å²) < 4.78 is 6.05. The second-order valence-corrected chi connectivity index (χ2v) is 8.40. The van der Waals surface area contributed by atoms with Crippen molar-refractivity contribution in [3.8, 4) is 11.5 Å². The monoisotopic (exact) mass is 427 g/mol. The number of piperidine rings is 1. The molecule has 1 heterocycles. The van der Waals surface area contributed by atoms with E-state index in [1.165, 1.54) is 49.1 Å². The molecule has 1 saturated heterocycles. The Morgan fingerprint density at radius 2 is 1.41 bits per heavy atom. The third-order valence-corrected chi connectivity index (χ3v) is 6.20. The van der Waals surface area contributed by atoms with E-state index in [9.17, 15) is 5.11 Å². The maximum absolute atomic E-state index is 9.80. The fraction of sp³-hybridized carbons (Fsp3) is 0.310. The van der Waals surface area contributed by atoms with Crippen molar-refractivity contribution >= 4 is 11.1 Å². The van der Waals surface area contributed by atoms with Crippen molar-refractivity contribution in [1.82, 2.24) is 4.90 Å². The summed E-state index contributed by atoms with van der Waals surface area (Å²) in [6, 6.07) is 26.5. The van der Waals surface area contributed by atoms with Gasteiger partial charge in [0.05, 0.1) is 0 Å². The number of rotatable bonds is 8. The Labute approximate surface area is 192 Å². The zero-order valence-corrected chi connectivity index (χ0v) is 19.0. The van der Waals surface area contributed by atoms with E-state index in [2.05, 4.69) is 60.4 Å². The van der Waals surface area contributed by atoms with Crippen molar-refractivity contribution < 1.29 is 9.84 Å². The number of ether oxygens (including phenoxy) is 1. The summed E-state index contributed by atoms with van der Waals surface area (Å²) in [7, 11) is 0. The van der Waals surface area contributed by atoms with Crippen LogP contribution in [0.2, 0.25) is 0 Å². The molecule has 3 aromatic carbocycles. The molecule has 1 N–H and O–H groups in total. The third kappa shape index (κ3) is 5.60. The molecule has 0 unspecified atom stereocenters. The Hall–Kier alpha value is -3.04. The van der Waals surface area contributed by atoms with E-state index in [-0.39, 0.29) is 5.75 Å². The minimum absolute atomic E-state index is 0.281. The standard InChI is InChI=1S/C29H33NO2/c1-2-28(23-9-5-3-6-10-23)29(24-11-15-26(31)16-12-24)25-13-17-27(18-14-25)32-22-21-30-19-7-4-8-20-30/h3,5-6,9-18,31H,2,4,7-8,19-22H2,1H3/b29-28-. The van der Waals surface area contributed by atoms with E-state index < -0.39 is 0 Å². The van der Waals surface area contributed by atoms with E-state index in [0.717, 1.165) is 36.4 Å². The molecule has 3 nitrogen and oxygen atoms in total. The topological polar surface area (TPSA) is 32.7 Å². The maximum atomic E-state index is 9.80. The molecule has 1 aliphatic rings. The third-order valence-electron chi connectivity index (χ3n) is 6.20. The van der Waals surface area contributed by atoms with Gasteiger partial charge in [0.25, 0.3) is 0 Å². The average molecular weight is 428 g/mol. The lowest BCUT2D eigenvalue weighted by Gasteiger charge is -2.26. The van der Waals surface area contributed by atoms with E-state index in [1.54, 1.807) is 12.1 Å². The number of benzene rings is 3. The molecule has 0 bridgehead atoms. The normalized spacial score (nSPS) is 15.3. The molecule has 0 saturated carbocycles. The summed E-state index contributed by atoms with van der Waals surface area (Å²) in [5.41, 5.74) is 5.95. The lowest BCUT2D eigenvalue weighted by atomic mass is 9.88. The summed E-state index contributed by atoms with van der Waals surface area (Å²) in [6.07, 6.45) is 4.89. The van der Waals surface area contributed by atoms with Gasteiger partial charge in [-0.05, 0) is 84.5 Å². The first kappa shape index (κ1) is 22.2. The Bertz CT molecular complexity index is 1000. The number of hydrogen-bond donors (Lipinski definition) is 1. The van der Waals surface area contributed by atoms with Gasteiger partial charge in [-0.15, -0.1) is 0 Å². The van der Waals surface area contributed by atoms with Crippen LogP contribution in [0.25, 0.3) is 11.1 Å². The molecule has 166 valence electrons. The highest BCUT2D eigenvalue weighted by molar-refractivity contribution is 5.98. The first-order valence-electron chi connectivity index (χ1n) is 11.8. The molecule has 0 aromatic heterocycles. The molecule has 0 radical (unpaired) electrons. The quantitative estimate of drug-likeness (QED) is 0.410. The largest absolute Gasteiger partial charge is 0.508 e. The van der Waals surface area contributed by atoms with Crippen LogP contribution in [0.5, 0.6) is 11.5 Å². The van der Waals surface area contributed by atoms with Crippen molar-refractivity contribution in [1.29, 1.82) is 0 Å². The van der Waals surface area contributed by atoms with Crippen LogP contribution in [-0.4, -0.2) is 36.2 Å². The summed E-state index contributed by atoms with van der Waals surface area (Å²) in [5, 5.41) is 9.80. The molecule has 3 aromatic rings. The number of hydrogen-bond acceptors (Lipinski definition) is 3. The molecule has 0 atom stereocenters. The molecular formula is C29H33NO2. The molecule has 4 rings (SSSR count). The predicted octanol–water partition coefficient (Wildman–Crippen LogP) is 6.63. The number of likely N-dealkylation sites (tertiary alicyclic amines) is 1.